The van der Waals surface area contributed by atoms with Crippen LogP contribution in [0.1, 0.15) is 12.8 Å². The molecule has 1 aromatic rings. The number of carboxylic acids is 2. The molecule has 1 rings (SSSR count). The summed E-state index contributed by atoms with van der Waals surface area (Å²) >= 11 is 2.62. The number of halogens is 1. The summed E-state index contributed by atoms with van der Waals surface area (Å²) in [6.45, 7) is -0.690. The number of carboxylic acid groups (broad SMARTS) is 2. The number of anilines is 2. The third-order valence-electron chi connectivity index (χ3n) is 4.36. The Morgan fingerprint density at radius 2 is 1.70 bits per heavy atom. The maximum atomic E-state index is 12.5. The number of thioether (sulfide) groups is 1. The number of nitrogens with one attached hydrogen (secondary N) is 4. The zero-order chi connectivity index (χ0) is 28.0. The van der Waals surface area contributed by atoms with E-state index < -0.39 is 64.0 Å². The van der Waals surface area contributed by atoms with E-state index in [-0.39, 0.29) is 47.0 Å². The molecule has 4 amide bonds. The van der Waals surface area contributed by atoms with Crippen molar-refractivity contribution in [3.05, 3.63) is 18.2 Å². The normalized spacial score (nSPS) is 12.2. The SMILES string of the molecule is N[C@@H](CCC(=O)N[C@@H](CSCC(=O)Nc1ccc([As]=O)cc1NC(=O)CBr)C(=O)NCC(=O)O)C(=O)O. The quantitative estimate of drug-likeness (QED) is 0.0772. The summed E-state index contributed by atoms with van der Waals surface area (Å²) in [5, 5.41) is 27.3. The average Bonchev–Trinajstić information content (AvgIpc) is 2.85. The van der Waals surface area contributed by atoms with Gasteiger partial charge in [0, 0.05) is 6.42 Å². The third kappa shape index (κ3) is 12.8. The predicted octanol–water partition coefficient (Wildman–Crippen LogP) is -1.76. The van der Waals surface area contributed by atoms with Gasteiger partial charge >= 0.3 is 175 Å². The first-order valence-electron chi connectivity index (χ1n) is 10.4. The van der Waals surface area contributed by atoms with Gasteiger partial charge in [-0.05, 0) is 6.42 Å². The summed E-state index contributed by atoms with van der Waals surface area (Å²) in [6, 6.07) is 2.02. The zero-order valence-corrected chi connectivity index (χ0v) is 23.5. The van der Waals surface area contributed by atoms with Crippen LogP contribution >= 0.6 is 27.7 Å². The van der Waals surface area contributed by atoms with Crippen LogP contribution < -0.4 is 31.4 Å². The Morgan fingerprint density at radius 1 is 1.03 bits per heavy atom. The Hall–Kier alpha value is -2.81. The summed E-state index contributed by atoms with van der Waals surface area (Å²) in [5.41, 5.74) is 5.88. The molecule has 0 saturated heterocycles. The predicted molar refractivity (Wildman–Crippen MR) is 138 cm³/mol. The van der Waals surface area contributed by atoms with Gasteiger partial charge in [-0.2, -0.15) is 0 Å². The Morgan fingerprint density at radius 3 is 2.30 bits per heavy atom. The number of benzene rings is 1. The van der Waals surface area contributed by atoms with Gasteiger partial charge in [-0.15, -0.1) is 0 Å². The van der Waals surface area contributed by atoms with Crippen molar-refractivity contribution in [3.8, 4) is 0 Å². The van der Waals surface area contributed by atoms with Crippen LogP contribution in [0, 0.1) is 0 Å². The van der Waals surface area contributed by atoms with Gasteiger partial charge in [0.1, 0.15) is 12.6 Å². The number of nitrogens with two attached hydrogens (primary N) is 1. The minimum absolute atomic E-state index is 0.00481. The molecule has 0 aliphatic rings. The molecule has 202 valence electrons. The molecule has 0 heterocycles. The van der Waals surface area contributed by atoms with Gasteiger partial charge in [0.15, 0.2) is 0 Å². The van der Waals surface area contributed by atoms with E-state index in [2.05, 4.69) is 37.2 Å². The molecule has 0 radical (unpaired) electrons. The molecule has 14 nitrogen and oxygen atoms in total. The number of amides is 4. The van der Waals surface area contributed by atoms with Gasteiger partial charge in [-0.3, -0.25) is 14.4 Å². The van der Waals surface area contributed by atoms with Gasteiger partial charge in [-0.25, -0.2) is 0 Å². The van der Waals surface area contributed by atoms with Crippen LogP contribution in [-0.4, -0.2) is 96.9 Å². The second-order valence-electron chi connectivity index (χ2n) is 7.28. The second kappa shape index (κ2) is 16.8. The van der Waals surface area contributed by atoms with Gasteiger partial charge in [0.25, 0.3) is 0 Å². The van der Waals surface area contributed by atoms with E-state index in [1.807, 2.05) is 0 Å². The van der Waals surface area contributed by atoms with Crippen molar-refractivity contribution < 1.29 is 42.7 Å². The van der Waals surface area contributed by atoms with Crippen LogP contribution in [0.15, 0.2) is 18.2 Å². The maximum absolute atomic E-state index is 12.5. The molecule has 17 heteroatoms. The number of alkyl halides is 1. The molecule has 8 N–H and O–H groups in total. The molecule has 0 saturated carbocycles. The number of aliphatic carboxylic acids is 2. The Kier molecular flexibility index (Phi) is 14.7. The Balaban J connectivity index is 2.78. The molecule has 0 fully saturated rings. The van der Waals surface area contributed by atoms with E-state index in [9.17, 15) is 32.5 Å². The van der Waals surface area contributed by atoms with E-state index in [1.165, 1.54) is 18.2 Å². The van der Waals surface area contributed by atoms with E-state index in [1.54, 1.807) is 0 Å². The summed E-state index contributed by atoms with van der Waals surface area (Å²) in [5.74, 6) is -5.25. The number of carbonyl (C=O) groups is 6. The van der Waals surface area contributed by atoms with E-state index in [0.29, 0.717) is 4.35 Å². The van der Waals surface area contributed by atoms with Gasteiger partial charge in [-0.1, -0.05) is 0 Å². The van der Waals surface area contributed by atoms with E-state index >= 15 is 0 Å². The van der Waals surface area contributed by atoms with Gasteiger partial charge in [0.2, 0.25) is 0 Å². The zero-order valence-electron chi connectivity index (χ0n) is 19.2. The molecule has 0 bridgehead atoms. The van der Waals surface area contributed by atoms with Crippen molar-refractivity contribution in [2.75, 3.05) is 34.0 Å². The molecule has 0 aliphatic carbocycles. The first kappa shape index (κ1) is 32.2. The van der Waals surface area contributed by atoms with Crippen molar-refractivity contribution in [2.45, 2.75) is 24.9 Å². The average molecular weight is 666 g/mol. The van der Waals surface area contributed by atoms with Gasteiger partial charge < -0.3 is 15.9 Å². The fourth-order valence-corrected chi connectivity index (χ4v) is 4.24. The monoisotopic (exact) mass is 665 g/mol. The minimum Gasteiger partial charge on any atom is -0.480 e. The molecular formula is C20H25AsBrN5O9S. The number of rotatable bonds is 16. The standard InChI is InChI=1S/C20H25AsBrN5O9S/c22-6-16(29)26-13-5-10(21-36)1-3-12(13)25-17(30)9-37-8-14(19(33)24-7-18(31)32)27-15(28)4-2-11(23)20(34)35/h1,3,5,11,14H,2,4,6-9,23H2,(H,24,33)(H,25,30)(H,26,29)(H,27,28)(H,31,32)(H,34,35)/t11-,14-/m0/s1. The van der Waals surface area contributed by atoms with Crippen LogP contribution in [0.25, 0.3) is 0 Å². The van der Waals surface area contributed by atoms with Crippen molar-refractivity contribution in [2.24, 2.45) is 5.73 Å². The summed E-state index contributed by atoms with van der Waals surface area (Å²) in [4.78, 5) is 70.2. The number of hydrogen-bond acceptors (Lipinski definition) is 9. The van der Waals surface area contributed by atoms with Crippen LogP contribution in [-0.2, 0) is 32.5 Å². The van der Waals surface area contributed by atoms with Crippen molar-refractivity contribution in [3.63, 3.8) is 0 Å². The van der Waals surface area contributed by atoms with Crippen molar-refractivity contribution in [1.82, 2.24) is 10.6 Å². The van der Waals surface area contributed by atoms with E-state index in [4.69, 9.17) is 15.9 Å². The molecule has 0 unspecified atom stereocenters. The fourth-order valence-electron chi connectivity index (χ4n) is 2.59. The van der Waals surface area contributed by atoms with Crippen molar-refractivity contribution >= 4 is 94.7 Å². The molecule has 0 aliphatic heterocycles. The van der Waals surface area contributed by atoms with Gasteiger partial charge in [0.05, 0.1) is 0 Å². The number of hydrogen-bond donors (Lipinski definition) is 7. The molecule has 1 aromatic carbocycles. The van der Waals surface area contributed by atoms with Crippen LogP contribution in [0.2, 0.25) is 0 Å². The fraction of sp³-hybridized carbons (Fsp3) is 0.400. The molecule has 37 heavy (non-hydrogen) atoms. The summed E-state index contributed by atoms with van der Waals surface area (Å²) in [6.07, 6.45) is -0.466. The molecule has 2 atom stereocenters. The smallest absolute Gasteiger partial charge is 0.480 e. The molecule has 0 aromatic heterocycles. The Bertz CT molecular complexity index is 1050. The summed E-state index contributed by atoms with van der Waals surface area (Å²) in [7, 11) is 0. The first-order valence-corrected chi connectivity index (χ1v) is 14.4. The second-order valence-corrected chi connectivity index (χ2v) is 10.3. The van der Waals surface area contributed by atoms with Crippen molar-refractivity contribution in [1.29, 1.82) is 0 Å². The Labute approximate surface area is 230 Å². The molecule has 0 spiro atoms. The topological polar surface area (TPSA) is 234 Å². The van der Waals surface area contributed by atoms with Crippen LogP contribution in [0.5, 0.6) is 0 Å². The molecular weight excluding hydrogens is 641 g/mol. The third-order valence-corrected chi connectivity index (χ3v) is 6.93. The van der Waals surface area contributed by atoms with E-state index in [0.717, 1.165) is 11.8 Å². The van der Waals surface area contributed by atoms with Crippen LogP contribution in [0.4, 0.5) is 11.4 Å². The first-order chi connectivity index (χ1) is 17.5. The number of carbonyl (C=O) groups excluding carboxylic acids is 4. The minimum atomic E-state index is -1.35. The van der Waals surface area contributed by atoms with Crippen LogP contribution in [0.3, 0.4) is 0 Å². The summed E-state index contributed by atoms with van der Waals surface area (Å²) < 4.78 is 11.7.